The molecule has 0 aromatic carbocycles. The fourth-order valence-corrected chi connectivity index (χ4v) is 1.00. The molecular weight excluding hydrogens is 216 g/mol. The number of carboxylic acids is 2. The van der Waals surface area contributed by atoms with Crippen LogP contribution in [0.3, 0.4) is 0 Å². The van der Waals surface area contributed by atoms with Gasteiger partial charge in [-0.2, -0.15) is 0 Å². The van der Waals surface area contributed by atoms with Crippen LogP contribution in [0.4, 0.5) is 0 Å². The minimum absolute atomic E-state index is 0.0276. The first kappa shape index (κ1) is 14.5. The first-order chi connectivity index (χ1) is 7.34. The summed E-state index contributed by atoms with van der Waals surface area (Å²) < 4.78 is 0. The van der Waals surface area contributed by atoms with Crippen LogP contribution < -0.4 is 11.5 Å². The number of hydrogen-bond acceptors (Lipinski definition) is 5. The van der Waals surface area contributed by atoms with Crippen molar-refractivity contribution < 1.29 is 24.6 Å². The molecule has 2 atom stereocenters. The molecule has 0 heterocycles. The highest BCUT2D eigenvalue weighted by atomic mass is 16.4. The van der Waals surface area contributed by atoms with Crippen molar-refractivity contribution in [2.75, 3.05) is 0 Å². The Morgan fingerprint density at radius 2 is 1.19 bits per heavy atom. The fraction of sp³-hybridized carbons (Fsp3) is 0.667. The van der Waals surface area contributed by atoms with Crippen LogP contribution in [-0.4, -0.2) is 40.0 Å². The van der Waals surface area contributed by atoms with E-state index in [9.17, 15) is 14.4 Å². The number of nitrogens with two attached hydrogens (primary N) is 2. The summed E-state index contributed by atoms with van der Waals surface area (Å²) in [7, 11) is 0. The number of ketones is 1. The minimum atomic E-state index is -1.16. The van der Waals surface area contributed by atoms with Gasteiger partial charge in [-0.15, -0.1) is 0 Å². The second kappa shape index (κ2) is 6.91. The topological polar surface area (TPSA) is 144 Å². The predicted octanol–water partition coefficient (Wildman–Crippen LogP) is -1.06. The number of carboxylic acid groups (broad SMARTS) is 2. The molecule has 92 valence electrons. The minimum Gasteiger partial charge on any atom is -0.480 e. The maximum absolute atomic E-state index is 11.2. The lowest BCUT2D eigenvalue weighted by molar-refractivity contribution is -0.139. The van der Waals surface area contributed by atoms with Gasteiger partial charge < -0.3 is 21.7 Å². The molecule has 7 nitrogen and oxygen atoms in total. The van der Waals surface area contributed by atoms with Gasteiger partial charge in [0.25, 0.3) is 0 Å². The summed E-state index contributed by atoms with van der Waals surface area (Å²) in [5.74, 6) is -2.54. The molecule has 0 radical (unpaired) electrons. The van der Waals surface area contributed by atoms with Crippen molar-refractivity contribution in [2.45, 2.75) is 37.8 Å². The van der Waals surface area contributed by atoms with Gasteiger partial charge in [-0.1, -0.05) is 0 Å². The molecular formula is C9H16N2O5. The Kier molecular flexibility index (Phi) is 6.28. The molecule has 0 aliphatic heterocycles. The van der Waals surface area contributed by atoms with Gasteiger partial charge in [0.1, 0.15) is 17.9 Å². The van der Waals surface area contributed by atoms with Crippen molar-refractivity contribution in [3.63, 3.8) is 0 Å². The van der Waals surface area contributed by atoms with Gasteiger partial charge in [-0.3, -0.25) is 14.4 Å². The van der Waals surface area contributed by atoms with Crippen LogP contribution in [0, 0.1) is 0 Å². The van der Waals surface area contributed by atoms with Gasteiger partial charge in [-0.05, 0) is 12.8 Å². The molecule has 0 saturated heterocycles. The third-order valence-corrected chi connectivity index (χ3v) is 2.10. The van der Waals surface area contributed by atoms with Crippen LogP contribution >= 0.6 is 0 Å². The lowest BCUT2D eigenvalue weighted by Crippen LogP contribution is -2.32. The Hall–Kier alpha value is -1.47. The number of carbonyl (C=O) groups is 3. The molecule has 0 aromatic rings. The Morgan fingerprint density at radius 1 is 0.875 bits per heavy atom. The molecule has 16 heavy (non-hydrogen) atoms. The number of aliphatic carboxylic acids is 2. The molecule has 0 bridgehead atoms. The summed E-state index contributed by atoms with van der Waals surface area (Å²) in [6.45, 7) is 0. The zero-order chi connectivity index (χ0) is 12.7. The van der Waals surface area contributed by atoms with Crippen molar-refractivity contribution >= 4 is 17.7 Å². The van der Waals surface area contributed by atoms with Crippen molar-refractivity contribution in [1.29, 1.82) is 0 Å². The highest BCUT2D eigenvalue weighted by Gasteiger charge is 2.16. The van der Waals surface area contributed by atoms with E-state index in [1.165, 1.54) is 0 Å². The highest BCUT2D eigenvalue weighted by Crippen LogP contribution is 2.03. The molecule has 0 fully saturated rings. The molecule has 0 saturated carbocycles. The van der Waals surface area contributed by atoms with Gasteiger partial charge >= 0.3 is 11.9 Å². The van der Waals surface area contributed by atoms with Crippen LogP contribution in [0.15, 0.2) is 0 Å². The second-order valence-corrected chi connectivity index (χ2v) is 3.51. The molecule has 0 aromatic heterocycles. The third-order valence-electron chi connectivity index (χ3n) is 2.10. The number of Topliss-reactive ketones (excluding diaryl/α,β-unsaturated/α-hetero) is 1. The summed E-state index contributed by atoms with van der Waals surface area (Å²) in [5, 5.41) is 16.9. The van der Waals surface area contributed by atoms with E-state index >= 15 is 0 Å². The van der Waals surface area contributed by atoms with E-state index in [-0.39, 0.29) is 31.5 Å². The van der Waals surface area contributed by atoms with Crippen molar-refractivity contribution in [3.8, 4) is 0 Å². The largest absolute Gasteiger partial charge is 0.480 e. The number of rotatable bonds is 8. The molecule has 0 aliphatic rings. The maximum atomic E-state index is 11.2. The van der Waals surface area contributed by atoms with Gasteiger partial charge in [0.2, 0.25) is 0 Å². The summed E-state index contributed by atoms with van der Waals surface area (Å²) in [6, 6.07) is -2.12. The van der Waals surface area contributed by atoms with Crippen LogP contribution in [0.5, 0.6) is 0 Å². The highest BCUT2D eigenvalue weighted by molar-refractivity contribution is 5.81. The molecule has 0 amide bonds. The second-order valence-electron chi connectivity index (χ2n) is 3.51. The Morgan fingerprint density at radius 3 is 1.44 bits per heavy atom. The third kappa shape index (κ3) is 6.10. The standard InChI is InChI=1S/C9H16N2O5/c10-6(8(13)14)3-1-5(12)2-4-7(11)9(15)16/h6-7H,1-4,10-11H2,(H,13,14)(H,15,16). The quantitative estimate of drug-likeness (QED) is 0.417. The number of carbonyl (C=O) groups excluding carboxylic acids is 1. The molecule has 2 unspecified atom stereocenters. The maximum Gasteiger partial charge on any atom is 0.320 e. The zero-order valence-corrected chi connectivity index (χ0v) is 8.76. The van der Waals surface area contributed by atoms with E-state index in [0.29, 0.717) is 0 Å². The van der Waals surface area contributed by atoms with Gasteiger partial charge in [-0.25, -0.2) is 0 Å². The Balaban J connectivity index is 3.75. The fourth-order valence-electron chi connectivity index (χ4n) is 1.00. The summed E-state index contributed by atoms with van der Waals surface area (Å²) >= 11 is 0. The van der Waals surface area contributed by atoms with Crippen molar-refractivity contribution in [1.82, 2.24) is 0 Å². The molecule has 0 aliphatic carbocycles. The Labute approximate surface area is 92.4 Å². The molecule has 7 heteroatoms. The zero-order valence-electron chi connectivity index (χ0n) is 8.76. The van der Waals surface area contributed by atoms with E-state index in [2.05, 4.69) is 0 Å². The lowest BCUT2D eigenvalue weighted by Gasteiger charge is -2.07. The van der Waals surface area contributed by atoms with Crippen LogP contribution in [0.1, 0.15) is 25.7 Å². The summed E-state index contributed by atoms with van der Waals surface area (Å²) in [5.41, 5.74) is 10.4. The first-order valence-corrected chi connectivity index (χ1v) is 4.83. The van der Waals surface area contributed by atoms with Crippen molar-refractivity contribution in [2.24, 2.45) is 11.5 Å². The lowest BCUT2D eigenvalue weighted by atomic mass is 10.0. The summed E-state index contributed by atoms with van der Waals surface area (Å²) in [4.78, 5) is 31.9. The SMILES string of the molecule is NC(CCC(=O)CCC(N)C(=O)O)C(=O)O. The van der Waals surface area contributed by atoms with Crippen LogP contribution in [-0.2, 0) is 14.4 Å². The van der Waals surface area contributed by atoms with Gasteiger partial charge in [0.15, 0.2) is 0 Å². The molecule has 0 spiro atoms. The summed E-state index contributed by atoms with van der Waals surface area (Å²) in [6.07, 6.45) is 0.159. The van der Waals surface area contributed by atoms with E-state index in [0.717, 1.165) is 0 Å². The number of hydrogen-bond donors (Lipinski definition) is 4. The van der Waals surface area contributed by atoms with Gasteiger partial charge in [0, 0.05) is 12.8 Å². The average molecular weight is 232 g/mol. The predicted molar refractivity (Wildman–Crippen MR) is 54.7 cm³/mol. The van der Waals surface area contributed by atoms with E-state index in [1.807, 2.05) is 0 Å². The normalized spacial score (nSPS) is 14.1. The Bertz CT molecular complexity index is 253. The smallest absolute Gasteiger partial charge is 0.320 e. The first-order valence-electron chi connectivity index (χ1n) is 4.83. The van der Waals surface area contributed by atoms with Crippen LogP contribution in [0.2, 0.25) is 0 Å². The van der Waals surface area contributed by atoms with Gasteiger partial charge in [0.05, 0.1) is 0 Å². The molecule has 0 rings (SSSR count). The van der Waals surface area contributed by atoms with E-state index in [1.54, 1.807) is 0 Å². The van der Waals surface area contributed by atoms with Crippen LogP contribution in [0.25, 0.3) is 0 Å². The average Bonchev–Trinajstić information content (AvgIpc) is 2.21. The van der Waals surface area contributed by atoms with E-state index in [4.69, 9.17) is 21.7 Å². The van der Waals surface area contributed by atoms with E-state index < -0.39 is 24.0 Å². The molecule has 6 N–H and O–H groups in total. The monoisotopic (exact) mass is 232 g/mol. The van der Waals surface area contributed by atoms with Crippen molar-refractivity contribution in [3.05, 3.63) is 0 Å².